The van der Waals surface area contributed by atoms with E-state index in [0.717, 1.165) is 5.56 Å². The minimum Gasteiger partial charge on any atom is -0.352 e. The van der Waals surface area contributed by atoms with Gasteiger partial charge in [-0.15, -0.1) is 0 Å². The highest BCUT2D eigenvalue weighted by Gasteiger charge is 2.32. The monoisotopic (exact) mass is 359 g/mol. The van der Waals surface area contributed by atoms with Crippen LogP contribution >= 0.6 is 11.6 Å². The van der Waals surface area contributed by atoms with E-state index in [-0.39, 0.29) is 11.8 Å². The van der Waals surface area contributed by atoms with Gasteiger partial charge in [0.05, 0.1) is 0 Å². The molecule has 8 heteroatoms. The molecule has 128 valence electrons. The second kappa shape index (κ2) is 7.61. The van der Waals surface area contributed by atoms with Crippen LogP contribution in [0.15, 0.2) is 24.3 Å². The van der Waals surface area contributed by atoms with Crippen LogP contribution in [0.25, 0.3) is 0 Å². The van der Waals surface area contributed by atoms with Crippen LogP contribution in [-0.4, -0.2) is 50.1 Å². The molecule has 0 aliphatic carbocycles. The smallest absolute Gasteiger partial charge is 0.281 e. The predicted octanol–water partition coefficient (Wildman–Crippen LogP) is 1.47. The Morgan fingerprint density at radius 2 is 1.91 bits per heavy atom. The van der Waals surface area contributed by atoms with E-state index in [1.54, 1.807) is 6.07 Å². The van der Waals surface area contributed by atoms with Gasteiger partial charge in [0.2, 0.25) is 5.91 Å². The van der Waals surface area contributed by atoms with E-state index in [0.29, 0.717) is 37.5 Å². The maximum absolute atomic E-state index is 12.2. The maximum atomic E-state index is 12.2. The molecule has 1 aromatic rings. The van der Waals surface area contributed by atoms with E-state index in [1.165, 1.54) is 22.7 Å². The molecule has 0 atom stereocenters. The zero-order valence-corrected chi connectivity index (χ0v) is 14.9. The summed E-state index contributed by atoms with van der Waals surface area (Å²) in [6, 6.07) is 7.37. The lowest BCUT2D eigenvalue weighted by molar-refractivity contribution is -0.126. The number of halogens is 1. The van der Waals surface area contributed by atoms with Crippen molar-refractivity contribution in [1.82, 2.24) is 13.9 Å². The molecule has 1 aromatic carbocycles. The van der Waals surface area contributed by atoms with Gasteiger partial charge in [-0.05, 0) is 24.5 Å². The van der Waals surface area contributed by atoms with Crippen LogP contribution in [0.2, 0.25) is 5.02 Å². The Morgan fingerprint density at radius 3 is 2.48 bits per heavy atom. The molecular weight excluding hydrogens is 338 g/mol. The third-order valence-electron chi connectivity index (χ3n) is 4.02. The fourth-order valence-corrected chi connectivity index (χ4v) is 3.88. The van der Waals surface area contributed by atoms with Gasteiger partial charge in [0.1, 0.15) is 0 Å². The summed E-state index contributed by atoms with van der Waals surface area (Å²) in [4.78, 5) is 12.2. The van der Waals surface area contributed by atoms with Crippen molar-refractivity contribution in [2.75, 3.05) is 27.2 Å². The van der Waals surface area contributed by atoms with E-state index in [2.05, 4.69) is 5.32 Å². The molecule has 0 radical (unpaired) electrons. The quantitative estimate of drug-likeness (QED) is 0.865. The first kappa shape index (κ1) is 18.2. The Kier molecular flexibility index (Phi) is 6.02. The lowest BCUT2D eigenvalue weighted by Gasteiger charge is -2.32. The van der Waals surface area contributed by atoms with Gasteiger partial charge in [-0.1, -0.05) is 29.8 Å². The minimum atomic E-state index is -3.39. The number of benzene rings is 1. The van der Waals surface area contributed by atoms with E-state index < -0.39 is 10.2 Å². The second-order valence-corrected chi connectivity index (χ2v) is 8.32. The maximum Gasteiger partial charge on any atom is 0.281 e. The van der Waals surface area contributed by atoms with Gasteiger partial charge in [-0.25, -0.2) is 0 Å². The van der Waals surface area contributed by atoms with Gasteiger partial charge in [0.25, 0.3) is 10.2 Å². The van der Waals surface area contributed by atoms with E-state index in [9.17, 15) is 13.2 Å². The zero-order valence-electron chi connectivity index (χ0n) is 13.3. The molecule has 0 saturated carbocycles. The van der Waals surface area contributed by atoms with Crippen molar-refractivity contribution in [3.05, 3.63) is 34.9 Å². The highest BCUT2D eigenvalue weighted by atomic mass is 35.5. The molecular formula is C15H22ClN3O3S. The molecule has 1 aliphatic heterocycles. The summed E-state index contributed by atoms with van der Waals surface area (Å²) >= 11 is 6.06. The fraction of sp³-hybridized carbons (Fsp3) is 0.533. The normalized spacial score (nSPS) is 17.4. The Labute approximate surface area is 142 Å². The molecule has 1 N–H and O–H groups in total. The number of carbonyl (C=O) groups excluding carboxylic acids is 1. The number of carbonyl (C=O) groups is 1. The average molecular weight is 360 g/mol. The predicted molar refractivity (Wildman–Crippen MR) is 90.2 cm³/mol. The van der Waals surface area contributed by atoms with Crippen LogP contribution in [0, 0.1) is 5.92 Å². The highest BCUT2D eigenvalue weighted by molar-refractivity contribution is 7.86. The van der Waals surface area contributed by atoms with Crippen molar-refractivity contribution in [2.45, 2.75) is 19.4 Å². The molecule has 0 bridgehead atoms. The lowest BCUT2D eigenvalue weighted by Crippen LogP contribution is -2.46. The summed E-state index contributed by atoms with van der Waals surface area (Å²) < 4.78 is 26.7. The summed E-state index contributed by atoms with van der Waals surface area (Å²) in [6.07, 6.45) is 1.06. The van der Waals surface area contributed by atoms with Gasteiger partial charge in [0.15, 0.2) is 0 Å². The Morgan fingerprint density at radius 1 is 1.30 bits per heavy atom. The van der Waals surface area contributed by atoms with Crippen molar-refractivity contribution >= 4 is 27.7 Å². The molecule has 1 aliphatic rings. The molecule has 0 spiro atoms. The molecule has 1 saturated heterocycles. The standard InChI is InChI=1S/C15H22ClN3O3S/c1-18(2)23(21,22)19-9-7-12(8-10-19)15(20)17-11-13-5-3-4-6-14(13)16/h3-6,12H,7-11H2,1-2H3,(H,17,20). The molecule has 0 aromatic heterocycles. The van der Waals surface area contributed by atoms with Crippen LogP contribution in [0.5, 0.6) is 0 Å². The van der Waals surface area contributed by atoms with Crippen molar-refractivity contribution in [3.8, 4) is 0 Å². The Hall–Kier alpha value is -1.15. The topological polar surface area (TPSA) is 69.7 Å². The van der Waals surface area contributed by atoms with Gasteiger partial charge in [-0.2, -0.15) is 17.0 Å². The molecule has 2 rings (SSSR count). The summed E-state index contributed by atoms with van der Waals surface area (Å²) in [6.45, 7) is 1.12. The van der Waals surface area contributed by atoms with Crippen LogP contribution < -0.4 is 5.32 Å². The first-order valence-electron chi connectivity index (χ1n) is 7.51. The van der Waals surface area contributed by atoms with Crippen LogP contribution in [0.3, 0.4) is 0 Å². The minimum absolute atomic E-state index is 0.0492. The van der Waals surface area contributed by atoms with Crippen molar-refractivity contribution < 1.29 is 13.2 Å². The molecule has 23 heavy (non-hydrogen) atoms. The number of rotatable bonds is 5. The highest BCUT2D eigenvalue weighted by Crippen LogP contribution is 2.21. The van der Waals surface area contributed by atoms with Crippen molar-refractivity contribution in [3.63, 3.8) is 0 Å². The molecule has 1 amide bonds. The van der Waals surface area contributed by atoms with Gasteiger partial charge >= 0.3 is 0 Å². The van der Waals surface area contributed by atoms with Crippen LogP contribution in [0.1, 0.15) is 18.4 Å². The summed E-state index contributed by atoms with van der Waals surface area (Å²) in [7, 11) is -0.369. The lowest BCUT2D eigenvalue weighted by atomic mass is 9.97. The van der Waals surface area contributed by atoms with E-state index >= 15 is 0 Å². The van der Waals surface area contributed by atoms with Crippen LogP contribution in [-0.2, 0) is 21.5 Å². The van der Waals surface area contributed by atoms with Crippen molar-refractivity contribution in [1.29, 1.82) is 0 Å². The number of piperidine rings is 1. The first-order valence-corrected chi connectivity index (χ1v) is 9.28. The van der Waals surface area contributed by atoms with Gasteiger partial charge in [0, 0.05) is 44.7 Å². The number of nitrogens with zero attached hydrogens (tertiary/aromatic N) is 2. The average Bonchev–Trinajstić information content (AvgIpc) is 2.53. The third-order valence-corrected chi connectivity index (χ3v) is 6.33. The number of hydrogen-bond donors (Lipinski definition) is 1. The SMILES string of the molecule is CN(C)S(=O)(=O)N1CCC(C(=O)NCc2ccccc2Cl)CC1. The van der Waals surface area contributed by atoms with E-state index in [1.807, 2.05) is 18.2 Å². The first-order chi connectivity index (χ1) is 10.8. The van der Waals surface area contributed by atoms with Gasteiger partial charge in [-0.3, -0.25) is 4.79 Å². The van der Waals surface area contributed by atoms with Crippen LogP contribution in [0.4, 0.5) is 0 Å². The number of hydrogen-bond acceptors (Lipinski definition) is 3. The molecule has 0 unspecified atom stereocenters. The van der Waals surface area contributed by atoms with Gasteiger partial charge < -0.3 is 5.32 Å². The molecule has 1 fully saturated rings. The largest absolute Gasteiger partial charge is 0.352 e. The number of nitrogens with one attached hydrogen (secondary N) is 1. The van der Waals surface area contributed by atoms with Crippen molar-refractivity contribution in [2.24, 2.45) is 5.92 Å². The zero-order chi connectivity index (χ0) is 17.0. The third kappa shape index (κ3) is 4.44. The second-order valence-electron chi connectivity index (χ2n) is 5.77. The molecule has 6 nitrogen and oxygen atoms in total. The summed E-state index contributed by atoms with van der Waals surface area (Å²) in [5, 5.41) is 3.51. The number of amides is 1. The van der Waals surface area contributed by atoms with E-state index in [4.69, 9.17) is 11.6 Å². The Bertz CT molecular complexity index is 656. The Balaban J connectivity index is 1.86. The fourth-order valence-electron chi connectivity index (χ4n) is 2.55. The summed E-state index contributed by atoms with van der Waals surface area (Å²) in [5.41, 5.74) is 0.870. The summed E-state index contributed by atoms with van der Waals surface area (Å²) in [5.74, 6) is -0.210. The molecule has 1 heterocycles.